The molecule has 1 aliphatic heterocycles. The van der Waals surface area contributed by atoms with E-state index in [9.17, 15) is 0 Å². The van der Waals surface area contributed by atoms with Gasteiger partial charge in [-0.15, -0.1) is 0 Å². The molecule has 90 valence electrons. The van der Waals surface area contributed by atoms with Crippen molar-refractivity contribution in [2.24, 2.45) is 5.73 Å². The lowest BCUT2D eigenvalue weighted by atomic mass is 9.94. The summed E-state index contributed by atoms with van der Waals surface area (Å²) in [6.45, 7) is 3.99. The van der Waals surface area contributed by atoms with E-state index in [1.165, 1.54) is 5.57 Å². The van der Waals surface area contributed by atoms with Gasteiger partial charge in [0.15, 0.2) is 11.3 Å². The third kappa shape index (κ3) is 1.31. The zero-order valence-electron chi connectivity index (χ0n) is 9.91. The predicted molar refractivity (Wildman–Crippen MR) is 58.2 cm³/mol. The van der Waals surface area contributed by atoms with Crippen molar-refractivity contribution >= 4 is 0 Å². The Balaban J connectivity index is 1.92. The number of rotatable bonds is 0. The molecule has 0 radical (unpaired) electrons. The molecule has 0 amide bonds. The second-order valence-electron chi connectivity index (χ2n) is 5.58. The molecular weight excluding hydrogens is 206 g/mol. The molecule has 0 aromatic rings. The van der Waals surface area contributed by atoms with Crippen LogP contribution in [0.15, 0.2) is 11.6 Å². The Kier molecular flexibility index (Phi) is 2.06. The molecule has 3 aliphatic rings. The van der Waals surface area contributed by atoms with Gasteiger partial charge in [-0.1, -0.05) is 5.57 Å². The fourth-order valence-corrected chi connectivity index (χ4v) is 3.06. The third-order valence-corrected chi connectivity index (χ3v) is 4.00. The van der Waals surface area contributed by atoms with Gasteiger partial charge < -0.3 is 4.74 Å². The number of hydrogen-bond donors (Lipinski definition) is 1. The van der Waals surface area contributed by atoms with Crippen molar-refractivity contribution in [1.29, 1.82) is 0 Å². The van der Waals surface area contributed by atoms with Gasteiger partial charge in [-0.25, -0.2) is 9.78 Å². The molecule has 0 aromatic carbocycles. The Morgan fingerprint density at radius 3 is 2.62 bits per heavy atom. The van der Waals surface area contributed by atoms with E-state index in [2.05, 4.69) is 0 Å². The Morgan fingerprint density at radius 1 is 1.25 bits per heavy atom. The molecule has 2 aliphatic carbocycles. The van der Waals surface area contributed by atoms with E-state index in [1.807, 2.05) is 19.9 Å². The molecular formula is C12H19NO3. The van der Waals surface area contributed by atoms with E-state index >= 15 is 0 Å². The Bertz CT molecular complexity index is 348. The average molecular weight is 225 g/mol. The lowest BCUT2D eigenvalue weighted by Crippen LogP contribution is -2.66. The minimum atomic E-state index is -0.834. The van der Waals surface area contributed by atoms with Crippen LogP contribution in [0.25, 0.3) is 0 Å². The van der Waals surface area contributed by atoms with Crippen LogP contribution in [0.3, 0.4) is 0 Å². The molecule has 0 bridgehead atoms. The summed E-state index contributed by atoms with van der Waals surface area (Å²) in [6.07, 6.45) is 6.71. The van der Waals surface area contributed by atoms with E-state index in [4.69, 9.17) is 20.2 Å². The van der Waals surface area contributed by atoms with Gasteiger partial charge >= 0.3 is 0 Å². The van der Waals surface area contributed by atoms with E-state index in [0.717, 1.165) is 32.1 Å². The Labute approximate surface area is 95.7 Å². The highest BCUT2D eigenvalue weighted by atomic mass is 17.3. The first kappa shape index (κ1) is 10.7. The molecule has 0 unspecified atom stereocenters. The summed E-state index contributed by atoms with van der Waals surface area (Å²) >= 11 is 0. The van der Waals surface area contributed by atoms with Gasteiger partial charge in [-0.3, -0.25) is 5.73 Å². The molecule has 1 spiro atoms. The summed E-state index contributed by atoms with van der Waals surface area (Å²) in [5.74, 6) is -0.602. The van der Waals surface area contributed by atoms with Gasteiger partial charge in [0.1, 0.15) is 0 Å². The lowest BCUT2D eigenvalue weighted by Gasteiger charge is -2.49. The topological polar surface area (TPSA) is 53.7 Å². The maximum atomic E-state index is 6.34. The summed E-state index contributed by atoms with van der Waals surface area (Å²) in [5, 5.41) is 0. The summed E-state index contributed by atoms with van der Waals surface area (Å²) < 4.78 is 6.07. The standard InChI is InChI=1S/C12H19NO3/c1-9-7-10(2)12(13,8-9)14-11(16-15-10)5-3-4-6-11/h8H,3-7,13H2,1-2H3/t10-,12+/m0/s1. The van der Waals surface area contributed by atoms with Gasteiger partial charge in [0.2, 0.25) is 5.79 Å². The molecule has 2 atom stereocenters. The third-order valence-electron chi connectivity index (χ3n) is 4.00. The lowest BCUT2D eigenvalue weighted by molar-refractivity contribution is -0.535. The summed E-state index contributed by atoms with van der Waals surface area (Å²) in [5.41, 5.74) is 6.13. The van der Waals surface area contributed by atoms with Crippen molar-refractivity contribution in [2.75, 3.05) is 0 Å². The van der Waals surface area contributed by atoms with Gasteiger partial charge in [0, 0.05) is 19.3 Å². The van der Waals surface area contributed by atoms with Gasteiger partial charge in [-0.2, -0.15) is 0 Å². The zero-order valence-corrected chi connectivity index (χ0v) is 9.91. The predicted octanol–water partition coefficient (Wildman–Crippen LogP) is 2.00. The Morgan fingerprint density at radius 2 is 1.94 bits per heavy atom. The molecule has 4 heteroatoms. The molecule has 16 heavy (non-hydrogen) atoms. The SMILES string of the molecule is CC1=C[C@@]2(N)OC3(CCCC3)OO[C@@]2(C)C1. The summed E-state index contributed by atoms with van der Waals surface area (Å²) in [7, 11) is 0. The van der Waals surface area contributed by atoms with E-state index < -0.39 is 17.1 Å². The van der Waals surface area contributed by atoms with E-state index in [0.29, 0.717) is 0 Å². The first-order valence-electron chi connectivity index (χ1n) is 6.01. The number of ether oxygens (including phenoxy) is 1. The van der Waals surface area contributed by atoms with Crippen LogP contribution in [-0.4, -0.2) is 17.1 Å². The first-order chi connectivity index (χ1) is 7.47. The van der Waals surface area contributed by atoms with E-state index in [1.54, 1.807) is 0 Å². The summed E-state index contributed by atoms with van der Waals surface area (Å²) in [4.78, 5) is 11.1. The van der Waals surface area contributed by atoms with Crippen LogP contribution in [-0.2, 0) is 14.5 Å². The monoisotopic (exact) mass is 225 g/mol. The minimum Gasteiger partial charge on any atom is -0.319 e. The first-order valence-corrected chi connectivity index (χ1v) is 6.01. The fourth-order valence-electron chi connectivity index (χ4n) is 3.06. The van der Waals surface area contributed by atoms with Crippen molar-refractivity contribution in [3.05, 3.63) is 11.6 Å². The molecule has 0 aromatic heterocycles. The highest BCUT2D eigenvalue weighted by molar-refractivity contribution is 5.26. The van der Waals surface area contributed by atoms with Crippen LogP contribution in [0.5, 0.6) is 0 Å². The van der Waals surface area contributed by atoms with Crippen LogP contribution in [0.4, 0.5) is 0 Å². The van der Waals surface area contributed by atoms with Crippen LogP contribution in [0.2, 0.25) is 0 Å². The maximum Gasteiger partial charge on any atom is 0.204 e. The molecule has 2 N–H and O–H groups in total. The van der Waals surface area contributed by atoms with Crippen molar-refractivity contribution in [2.45, 2.75) is 63.1 Å². The average Bonchev–Trinajstić information content (AvgIpc) is 2.69. The normalized spacial score (nSPS) is 45.8. The zero-order chi connectivity index (χ0) is 11.4. The van der Waals surface area contributed by atoms with Crippen molar-refractivity contribution in [3.63, 3.8) is 0 Å². The second kappa shape index (κ2) is 3.07. The van der Waals surface area contributed by atoms with Gasteiger partial charge in [0.05, 0.1) is 0 Å². The van der Waals surface area contributed by atoms with Gasteiger partial charge in [-0.05, 0) is 32.8 Å². The van der Waals surface area contributed by atoms with Crippen LogP contribution in [0.1, 0.15) is 46.0 Å². The molecule has 1 heterocycles. The second-order valence-corrected chi connectivity index (χ2v) is 5.58. The van der Waals surface area contributed by atoms with Crippen molar-refractivity contribution in [1.82, 2.24) is 0 Å². The highest BCUT2D eigenvalue weighted by Gasteiger charge is 2.61. The van der Waals surface area contributed by atoms with Gasteiger partial charge in [0.25, 0.3) is 0 Å². The van der Waals surface area contributed by atoms with Crippen LogP contribution >= 0.6 is 0 Å². The smallest absolute Gasteiger partial charge is 0.204 e. The fraction of sp³-hybridized carbons (Fsp3) is 0.833. The largest absolute Gasteiger partial charge is 0.319 e. The van der Waals surface area contributed by atoms with E-state index in [-0.39, 0.29) is 0 Å². The molecule has 2 fully saturated rings. The van der Waals surface area contributed by atoms with Crippen molar-refractivity contribution in [3.8, 4) is 0 Å². The quantitative estimate of drug-likeness (QED) is 0.506. The maximum absolute atomic E-state index is 6.34. The molecule has 4 nitrogen and oxygen atoms in total. The Hall–Kier alpha value is -0.420. The van der Waals surface area contributed by atoms with Crippen LogP contribution < -0.4 is 5.73 Å². The molecule has 1 saturated heterocycles. The molecule has 1 saturated carbocycles. The molecule has 3 rings (SSSR count). The minimum absolute atomic E-state index is 0.578. The number of fused-ring (bicyclic) bond motifs is 1. The highest BCUT2D eigenvalue weighted by Crippen LogP contribution is 2.50. The number of hydrogen-bond acceptors (Lipinski definition) is 4. The number of nitrogens with two attached hydrogens (primary N) is 1. The van der Waals surface area contributed by atoms with Crippen LogP contribution in [0, 0.1) is 0 Å². The summed E-state index contributed by atoms with van der Waals surface area (Å²) in [6, 6.07) is 0. The van der Waals surface area contributed by atoms with Crippen molar-refractivity contribution < 1.29 is 14.5 Å².